The predicted molar refractivity (Wildman–Crippen MR) is 113 cm³/mol. The number of carbonyl (C=O) groups excluding carboxylic acids is 3. The van der Waals surface area contributed by atoms with E-state index >= 15 is 0 Å². The molecule has 28 heavy (non-hydrogen) atoms. The highest BCUT2D eigenvalue weighted by Crippen LogP contribution is 2.32. The molecule has 2 N–H and O–H groups in total. The van der Waals surface area contributed by atoms with E-state index in [9.17, 15) is 14.4 Å². The third-order valence-electron chi connectivity index (χ3n) is 4.15. The Hall–Kier alpha value is -3.15. The number of para-hydroxylation sites is 1. The van der Waals surface area contributed by atoms with Crippen molar-refractivity contribution in [1.29, 1.82) is 0 Å². The summed E-state index contributed by atoms with van der Waals surface area (Å²) in [4.78, 5) is 37.6. The van der Waals surface area contributed by atoms with Crippen LogP contribution in [0.2, 0.25) is 0 Å². The summed E-state index contributed by atoms with van der Waals surface area (Å²) in [6.45, 7) is 8.97. The summed E-state index contributed by atoms with van der Waals surface area (Å²) < 4.78 is 0. The number of hydrogen-bond acceptors (Lipinski definition) is 3. The fraction of sp³-hybridized carbons (Fsp3) is 0.318. The highest BCUT2D eigenvalue weighted by molar-refractivity contribution is 6.02. The van der Waals surface area contributed by atoms with Crippen molar-refractivity contribution in [3.8, 4) is 0 Å². The largest absolute Gasteiger partial charge is 0.326 e. The van der Waals surface area contributed by atoms with Gasteiger partial charge in [-0.25, -0.2) is 0 Å². The maximum atomic E-state index is 12.6. The van der Waals surface area contributed by atoms with Crippen LogP contribution < -0.4 is 15.5 Å². The fourth-order valence-corrected chi connectivity index (χ4v) is 2.93. The van der Waals surface area contributed by atoms with Crippen molar-refractivity contribution in [3.63, 3.8) is 0 Å². The third kappa shape index (κ3) is 5.67. The van der Waals surface area contributed by atoms with Crippen LogP contribution in [0.4, 0.5) is 17.1 Å². The minimum Gasteiger partial charge on any atom is -0.326 e. The molecule has 0 heterocycles. The van der Waals surface area contributed by atoms with Gasteiger partial charge < -0.3 is 15.5 Å². The van der Waals surface area contributed by atoms with Gasteiger partial charge in [-0.15, -0.1) is 0 Å². The van der Waals surface area contributed by atoms with Crippen LogP contribution in [-0.4, -0.2) is 24.3 Å². The summed E-state index contributed by atoms with van der Waals surface area (Å²) in [5, 5.41) is 5.46. The standard InChI is InChI=1S/C22H27N3O3/c1-15(26)23-17-9-8-10-18(13-17)24-21(28)14-25(16(2)27)20-12-7-6-11-19(20)22(3,4)5/h6-13H,14H2,1-5H3,(H,23,26)(H,24,28). The first-order valence-electron chi connectivity index (χ1n) is 9.13. The van der Waals surface area contributed by atoms with E-state index in [1.807, 2.05) is 24.3 Å². The molecule has 148 valence electrons. The molecule has 3 amide bonds. The second kappa shape index (κ2) is 8.69. The Morgan fingerprint density at radius 1 is 0.893 bits per heavy atom. The number of rotatable bonds is 5. The van der Waals surface area contributed by atoms with Crippen molar-refractivity contribution < 1.29 is 14.4 Å². The van der Waals surface area contributed by atoms with Gasteiger partial charge in [-0.1, -0.05) is 45.0 Å². The lowest BCUT2D eigenvalue weighted by Crippen LogP contribution is -2.38. The van der Waals surface area contributed by atoms with Crippen molar-refractivity contribution >= 4 is 34.8 Å². The lowest BCUT2D eigenvalue weighted by Gasteiger charge is -2.29. The molecule has 6 nitrogen and oxygen atoms in total. The minimum absolute atomic E-state index is 0.104. The Balaban J connectivity index is 2.21. The first-order chi connectivity index (χ1) is 13.1. The van der Waals surface area contributed by atoms with Gasteiger partial charge in [-0.3, -0.25) is 14.4 Å². The molecule has 0 saturated carbocycles. The lowest BCUT2D eigenvalue weighted by atomic mass is 9.85. The van der Waals surface area contributed by atoms with E-state index < -0.39 is 0 Å². The molecule has 6 heteroatoms. The summed E-state index contributed by atoms with van der Waals surface area (Å²) >= 11 is 0. The molecule has 0 fully saturated rings. The topological polar surface area (TPSA) is 78.5 Å². The summed E-state index contributed by atoms with van der Waals surface area (Å²) in [5.41, 5.74) is 2.68. The summed E-state index contributed by atoms with van der Waals surface area (Å²) in [6.07, 6.45) is 0. The van der Waals surface area contributed by atoms with Crippen LogP contribution in [0.15, 0.2) is 48.5 Å². The van der Waals surface area contributed by atoms with Crippen LogP contribution >= 0.6 is 0 Å². The Kier molecular flexibility index (Phi) is 6.57. The van der Waals surface area contributed by atoms with Crippen molar-refractivity contribution in [3.05, 3.63) is 54.1 Å². The summed E-state index contributed by atoms with van der Waals surface area (Å²) in [7, 11) is 0. The second-order valence-electron chi connectivity index (χ2n) is 7.68. The number of carbonyl (C=O) groups is 3. The average molecular weight is 381 g/mol. The number of anilines is 3. The molecule has 0 saturated heterocycles. The van der Waals surface area contributed by atoms with Crippen LogP contribution in [0.25, 0.3) is 0 Å². The average Bonchev–Trinajstić information content (AvgIpc) is 2.58. The highest BCUT2D eigenvalue weighted by atomic mass is 16.2. The first-order valence-corrected chi connectivity index (χ1v) is 9.13. The van der Waals surface area contributed by atoms with Gasteiger partial charge >= 0.3 is 0 Å². The van der Waals surface area contributed by atoms with E-state index in [0.717, 1.165) is 11.3 Å². The van der Waals surface area contributed by atoms with Gasteiger partial charge in [-0.05, 0) is 35.2 Å². The van der Waals surface area contributed by atoms with Gasteiger partial charge in [0.15, 0.2) is 0 Å². The number of nitrogens with one attached hydrogen (secondary N) is 2. The number of amides is 3. The highest BCUT2D eigenvalue weighted by Gasteiger charge is 2.24. The maximum absolute atomic E-state index is 12.6. The van der Waals surface area contributed by atoms with E-state index in [2.05, 4.69) is 31.4 Å². The van der Waals surface area contributed by atoms with Crippen LogP contribution in [0.1, 0.15) is 40.2 Å². The molecule has 0 spiro atoms. The van der Waals surface area contributed by atoms with Crippen molar-refractivity contribution in [2.45, 2.75) is 40.0 Å². The molecular weight excluding hydrogens is 354 g/mol. The quantitative estimate of drug-likeness (QED) is 0.823. The number of benzene rings is 2. The number of hydrogen-bond donors (Lipinski definition) is 2. The molecule has 2 aromatic carbocycles. The molecule has 2 rings (SSSR count). The molecule has 0 radical (unpaired) electrons. The molecule has 0 bridgehead atoms. The molecule has 2 aromatic rings. The summed E-state index contributed by atoms with van der Waals surface area (Å²) in [6, 6.07) is 14.5. The zero-order chi connectivity index (χ0) is 20.9. The molecule has 0 aliphatic carbocycles. The van der Waals surface area contributed by atoms with Gasteiger partial charge in [0, 0.05) is 30.9 Å². The monoisotopic (exact) mass is 381 g/mol. The Morgan fingerprint density at radius 3 is 2.07 bits per heavy atom. The molecular formula is C22H27N3O3. The fourth-order valence-electron chi connectivity index (χ4n) is 2.93. The zero-order valence-electron chi connectivity index (χ0n) is 17.0. The van der Waals surface area contributed by atoms with Crippen LogP contribution in [0.5, 0.6) is 0 Å². The van der Waals surface area contributed by atoms with E-state index in [1.54, 1.807) is 24.3 Å². The van der Waals surface area contributed by atoms with E-state index in [-0.39, 0.29) is 29.7 Å². The SMILES string of the molecule is CC(=O)Nc1cccc(NC(=O)CN(C(C)=O)c2ccccc2C(C)(C)C)c1. The predicted octanol–water partition coefficient (Wildman–Crippen LogP) is 3.93. The first kappa shape index (κ1) is 21.2. The second-order valence-corrected chi connectivity index (χ2v) is 7.68. The number of nitrogens with zero attached hydrogens (tertiary/aromatic N) is 1. The van der Waals surface area contributed by atoms with Gasteiger partial charge in [0.1, 0.15) is 6.54 Å². The lowest BCUT2D eigenvalue weighted by molar-refractivity contribution is -0.120. The normalized spacial score (nSPS) is 10.9. The van der Waals surface area contributed by atoms with Gasteiger partial charge in [-0.2, -0.15) is 0 Å². The minimum atomic E-state index is -0.320. The molecule has 0 aromatic heterocycles. The van der Waals surface area contributed by atoms with Crippen molar-refractivity contribution in [2.75, 3.05) is 22.1 Å². The Labute approximate surface area is 165 Å². The molecule has 0 aliphatic heterocycles. The van der Waals surface area contributed by atoms with Crippen molar-refractivity contribution in [2.24, 2.45) is 0 Å². The van der Waals surface area contributed by atoms with Gasteiger partial charge in [0.05, 0.1) is 0 Å². The molecule has 0 unspecified atom stereocenters. The third-order valence-corrected chi connectivity index (χ3v) is 4.15. The Morgan fingerprint density at radius 2 is 1.50 bits per heavy atom. The van der Waals surface area contributed by atoms with Crippen LogP contribution in [0.3, 0.4) is 0 Å². The maximum Gasteiger partial charge on any atom is 0.244 e. The van der Waals surface area contributed by atoms with Crippen LogP contribution in [-0.2, 0) is 19.8 Å². The van der Waals surface area contributed by atoms with E-state index in [4.69, 9.17) is 0 Å². The van der Waals surface area contributed by atoms with Gasteiger partial charge in [0.2, 0.25) is 17.7 Å². The van der Waals surface area contributed by atoms with Gasteiger partial charge in [0.25, 0.3) is 0 Å². The molecule has 0 aliphatic rings. The van der Waals surface area contributed by atoms with E-state index in [0.29, 0.717) is 11.4 Å². The summed E-state index contributed by atoms with van der Waals surface area (Å²) in [5.74, 6) is -0.720. The van der Waals surface area contributed by atoms with Crippen molar-refractivity contribution in [1.82, 2.24) is 0 Å². The molecule has 0 atom stereocenters. The zero-order valence-corrected chi connectivity index (χ0v) is 17.0. The van der Waals surface area contributed by atoms with E-state index in [1.165, 1.54) is 18.7 Å². The van der Waals surface area contributed by atoms with Crippen LogP contribution in [0, 0.1) is 0 Å². The Bertz CT molecular complexity index is 885. The smallest absolute Gasteiger partial charge is 0.244 e.